The summed E-state index contributed by atoms with van der Waals surface area (Å²) >= 11 is 0. The van der Waals surface area contributed by atoms with Gasteiger partial charge in [0.15, 0.2) is 5.78 Å². The maximum atomic E-state index is 11.1. The Bertz CT molecular complexity index is 270. The van der Waals surface area contributed by atoms with Crippen molar-refractivity contribution in [3.63, 3.8) is 0 Å². The summed E-state index contributed by atoms with van der Waals surface area (Å²) < 4.78 is 0. The largest absolute Gasteiger partial charge is 0.359 e. The molecule has 1 saturated carbocycles. The third-order valence-electron chi connectivity index (χ3n) is 2.74. The predicted molar refractivity (Wildman–Crippen MR) is 43.3 cm³/mol. The first-order valence-corrected chi connectivity index (χ1v) is 4.16. The summed E-state index contributed by atoms with van der Waals surface area (Å²) in [6, 6.07) is 0. The zero-order valence-corrected chi connectivity index (χ0v) is 6.91. The highest BCUT2D eigenvalue weighted by atomic mass is 16.1. The van der Waals surface area contributed by atoms with E-state index < -0.39 is 0 Å². The van der Waals surface area contributed by atoms with Gasteiger partial charge in [0, 0.05) is 19.4 Å². The van der Waals surface area contributed by atoms with Crippen molar-refractivity contribution < 1.29 is 9.59 Å². The molecular formula is C9H11NO2. The lowest BCUT2D eigenvalue weighted by atomic mass is 10.1. The second-order valence-electron chi connectivity index (χ2n) is 3.41. The first-order chi connectivity index (χ1) is 5.74. The van der Waals surface area contributed by atoms with Crippen LogP contribution in [0.5, 0.6) is 0 Å². The second kappa shape index (κ2) is 2.44. The number of rotatable bonds is 2. The lowest BCUT2D eigenvalue weighted by Gasteiger charge is -1.97. The first kappa shape index (κ1) is 7.53. The quantitative estimate of drug-likeness (QED) is 0.632. The van der Waals surface area contributed by atoms with Crippen LogP contribution in [0.25, 0.3) is 0 Å². The van der Waals surface area contributed by atoms with Crippen molar-refractivity contribution in [3.8, 4) is 0 Å². The average molecular weight is 165 g/mol. The molecule has 12 heavy (non-hydrogen) atoms. The van der Waals surface area contributed by atoms with E-state index in [4.69, 9.17) is 0 Å². The minimum Gasteiger partial charge on any atom is -0.359 e. The van der Waals surface area contributed by atoms with Crippen LogP contribution in [0.4, 0.5) is 0 Å². The van der Waals surface area contributed by atoms with Crippen LogP contribution in [-0.2, 0) is 9.59 Å². The van der Waals surface area contributed by atoms with Crippen LogP contribution < -0.4 is 5.32 Å². The third kappa shape index (κ3) is 0.967. The highest BCUT2D eigenvalue weighted by Crippen LogP contribution is 2.53. The predicted octanol–water partition coefficient (Wildman–Crippen LogP) is 0.124. The number of carbonyl (C=O) groups excluding carboxylic acids is 2. The highest BCUT2D eigenvalue weighted by molar-refractivity contribution is 5.98. The van der Waals surface area contributed by atoms with Gasteiger partial charge < -0.3 is 5.32 Å². The van der Waals surface area contributed by atoms with Gasteiger partial charge in [0.2, 0.25) is 5.91 Å². The zero-order chi connectivity index (χ0) is 8.72. The molecule has 0 heterocycles. The molecule has 3 atom stereocenters. The average Bonchev–Trinajstić information content (AvgIpc) is 2.59. The molecule has 2 aliphatic carbocycles. The molecule has 3 heteroatoms. The summed E-state index contributed by atoms with van der Waals surface area (Å²) in [5, 5.41) is 2.57. The Kier molecular flexibility index (Phi) is 1.53. The van der Waals surface area contributed by atoms with E-state index in [0.29, 0.717) is 18.3 Å². The minimum atomic E-state index is 0.0376. The summed E-state index contributed by atoms with van der Waals surface area (Å²) in [6.07, 6.45) is 4.07. The molecule has 64 valence electrons. The first-order valence-electron chi connectivity index (χ1n) is 4.16. The lowest BCUT2D eigenvalue weighted by molar-refractivity contribution is -0.121. The van der Waals surface area contributed by atoms with Gasteiger partial charge in [-0.05, 0) is 17.9 Å². The van der Waals surface area contributed by atoms with Gasteiger partial charge in [0.1, 0.15) is 0 Å². The van der Waals surface area contributed by atoms with Gasteiger partial charge in [-0.1, -0.05) is 6.08 Å². The van der Waals surface area contributed by atoms with Crippen LogP contribution >= 0.6 is 0 Å². The molecule has 0 saturated heterocycles. The van der Waals surface area contributed by atoms with Crippen molar-refractivity contribution in [2.45, 2.75) is 6.42 Å². The summed E-state index contributed by atoms with van der Waals surface area (Å²) in [6.45, 7) is 0. The normalized spacial score (nSPS) is 36.4. The van der Waals surface area contributed by atoms with E-state index in [1.807, 2.05) is 6.08 Å². The van der Waals surface area contributed by atoms with Crippen molar-refractivity contribution in [2.24, 2.45) is 17.8 Å². The molecule has 2 aliphatic rings. The molecule has 0 spiro atoms. The highest BCUT2D eigenvalue weighted by Gasteiger charge is 2.55. The fourth-order valence-corrected chi connectivity index (χ4v) is 1.96. The molecule has 1 N–H and O–H groups in total. The molecule has 3 nitrogen and oxygen atoms in total. The van der Waals surface area contributed by atoms with Gasteiger partial charge in [-0.25, -0.2) is 0 Å². The van der Waals surface area contributed by atoms with E-state index in [1.165, 1.54) is 0 Å². The Morgan fingerprint density at radius 1 is 1.67 bits per heavy atom. The number of ketones is 1. The van der Waals surface area contributed by atoms with E-state index >= 15 is 0 Å². The van der Waals surface area contributed by atoms with Crippen molar-refractivity contribution in [1.82, 2.24) is 5.32 Å². The number of allylic oxidation sites excluding steroid dienone is 2. The maximum Gasteiger partial charge on any atom is 0.220 e. The summed E-state index contributed by atoms with van der Waals surface area (Å²) in [5.41, 5.74) is 0. The third-order valence-corrected chi connectivity index (χ3v) is 2.74. The van der Waals surface area contributed by atoms with Crippen LogP contribution in [-0.4, -0.2) is 18.7 Å². The van der Waals surface area contributed by atoms with Gasteiger partial charge in [0.25, 0.3) is 0 Å². The van der Waals surface area contributed by atoms with Crippen LogP contribution in [0.15, 0.2) is 12.2 Å². The van der Waals surface area contributed by atoms with Crippen LogP contribution in [0.2, 0.25) is 0 Å². The number of hydrogen-bond donors (Lipinski definition) is 1. The summed E-state index contributed by atoms with van der Waals surface area (Å²) in [7, 11) is 1.62. The van der Waals surface area contributed by atoms with Gasteiger partial charge in [0.05, 0.1) is 0 Å². The molecule has 0 aliphatic heterocycles. The monoisotopic (exact) mass is 165 g/mol. The SMILES string of the molecule is CNC(=O)CC1C2C=CC(=O)C21. The number of amides is 1. The van der Waals surface area contributed by atoms with Crippen molar-refractivity contribution in [2.75, 3.05) is 7.05 Å². The van der Waals surface area contributed by atoms with Gasteiger partial charge in [-0.2, -0.15) is 0 Å². The minimum absolute atomic E-state index is 0.0376. The number of carbonyl (C=O) groups is 2. The van der Waals surface area contributed by atoms with Gasteiger partial charge in [-0.3, -0.25) is 9.59 Å². The topological polar surface area (TPSA) is 46.2 Å². The standard InChI is InChI=1S/C9H11NO2/c1-10-8(12)4-6-5-2-3-7(11)9(5)6/h2-3,5-6,9H,4H2,1H3,(H,10,12). The van der Waals surface area contributed by atoms with Crippen LogP contribution in [0, 0.1) is 17.8 Å². The van der Waals surface area contributed by atoms with E-state index in [0.717, 1.165) is 0 Å². The maximum absolute atomic E-state index is 11.1. The van der Waals surface area contributed by atoms with Crippen molar-refractivity contribution in [1.29, 1.82) is 0 Å². The Balaban J connectivity index is 1.92. The van der Waals surface area contributed by atoms with E-state index in [-0.39, 0.29) is 17.6 Å². The Labute approximate surface area is 70.8 Å². The molecule has 0 aromatic rings. The van der Waals surface area contributed by atoms with Crippen molar-refractivity contribution >= 4 is 11.7 Å². The summed E-state index contributed by atoms with van der Waals surface area (Å²) in [4.78, 5) is 22.0. The Morgan fingerprint density at radius 3 is 2.92 bits per heavy atom. The van der Waals surface area contributed by atoms with Crippen molar-refractivity contribution in [3.05, 3.63) is 12.2 Å². The second-order valence-corrected chi connectivity index (χ2v) is 3.41. The molecule has 0 aromatic heterocycles. The number of nitrogens with one attached hydrogen (secondary N) is 1. The number of fused-ring (bicyclic) bond motifs is 1. The van der Waals surface area contributed by atoms with Crippen LogP contribution in [0.3, 0.4) is 0 Å². The van der Waals surface area contributed by atoms with Gasteiger partial charge >= 0.3 is 0 Å². The zero-order valence-electron chi connectivity index (χ0n) is 6.91. The molecule has 3 unspecified atom stereocenters. The van der Waals surface area contributed by atoms with E-state index in [1.54, 1.807) is 13.1 Å². The fraction of sp³-hybridized carbons (Fsp3) is 0.556. The van der Waals surface area contributed by atoms with Gasteiger partial charge in [-0.15, -0.1) is 0 Å². The smallest absolute Gasteiger partial charge is 0.220 e. The van der Waals surface area contributed by atoms with E-state index in [9.17, 15) is 9.59 Å². The molecule has 0 radical (unpaired) electrons. The van der Waals surface area contributed by atoms with Crippen LogP contribution in [0.1, 0.15) is 6.42 Å². The molecule has 1 amide bonds. The molecule has 1 fully saturated rings. The Hall–Kier alpha value is -1.12. The molecule has 2 rings (SSSR count). The molecular weight excluding hydrogens is 154 g/mol. The molecule has 0 bridgehead atoms. The fourth-order valence-electron chi connectivity index (χ4n) is 1.96. The van der Waals surface area contributed by atoms with E-state index in [2.05, 4.69) is 5.32 Å². The number of hydrogen-bond acceptors (Lipinski definition) is 2. The molecule has 0 aromatic carbocycles. The Morgan fingerprint density at radius 2 is 2.42 bits per heavy atom. The lowest BCUT2D eigenvalue weighted by Crippen LogP contribution is -2.18. The summed E-state index contributed by atoms with van der Waals surface area (Å²) in [5.74, 6) is 1.05.